The molecule has 0 radical (unpaired) electrons. The monoisotopic (exact) mass is 230 g/mol. The van der Waals surface area contributed by atoms with E-state index in [0.29, 0.717) is 11.1 Å². The first-order valence-corrected chi connectivity index (χ1v) is 4.91. The molecule has 2 aromatic rings. The van der Waals surface area contributed by atoms with Gasteiger partial charge in [0.05, 0.1) is 10.6 Å². The molecule has 0 spiro atoms. The Bertz CT molecular complexity index is 582. The number of phenolic OH excluding ortho intramolecular Hbond substituents is 1. The van der Waals surface area contributed by atoms with Crippen molar-refractivity contribution in [2.24, 2.45) is 0 Å². The van der Waals surface area contributed by atoms with Gasteiger partial charge in [0.2, 0.25) is 0 Å². The molecular formula is C12H10N2O3. The van der Waals surface area contributed by atoms with E-state index in [-0.39, 0.29) is 17.1 Å². The third-order valence-corrected chi connectivity index (χ3v) is 2.42. The van der Waals surface area contributed by atoms with Gasteiger partial charge in [-0.2, -0.15) is 0 Å². The molecule has 0 amide bonds. The molecule has 0 bridgehead atoms. The number of nitro groups is 1. The molecule has 86 valence electrons. The van der Waals surface area contributed by atoms with Crippen molar-refractivity contribution in [2.45, 2.75) is 0 Å². The van der Waals surface area contributed by atoms with Gasteiger partial charge < -0.3 is 10.8 Å². The molecule has 0 atom stereocenters. The Balaban J connectivity index is 2.49. The molecule has 17 heavy (non-hydrogen) atoms. The minimum absolute atomic E-state index is 0.0128. The standard InChI is InChI=1S/C12H10N2O3/c13-11-5-4-9(7-12(11)15)8-2-1-3-10(6-8)14(16)17/h1-7,15H,13H2. The summed E-state index contributed by atoms with van der Waals surface area (Å²) in [5.41, 5.74) is 7.12. The fraction of sp³-hybridized carbons (Fsp3) is 0. The zero-order valence-electron chi connectivity index (χ0n) is 8.83. The normalized spacial score (nSPS) is 10.1. The fourth-order valence-electron chi connectivity index (χ4n) is 1.52. The van der Waals surface area contributed by atoms with E-state index in [1.807, 2.05) is 0 Å². The molecule has 2 aromatic carbocycles. The highest BCUT2D eigenvalue weighted by Gasteiger charge is 2.08. The number of hydrogen-bond acceptors (Lipinski definition) is 4. The molecule has 0 unspecified atom stereocenters. The highest BCUT2D eigenvalue weighted by Crippen LogP contribution is 2.29. The van der Waals surface area contributed by atoms with Gasteiger partial charge >= 0.3 is 0 Å². The molecule has 2 rings (SSSR count). The van der Waals surface area contributed by atoms with Gasteiger partial charge in [-0.1, -0.05) is 18.2 Å². The van der Waals surface area contributed by atoms with Crippen molar-refractivity contribution >= 4 is 11.4 Å². The lowest BCUT2D eigenvalue weighted by Gasteiger charge is -2.04. The van der Waals surface area contributed by atoms with Crippen LogP contribution < -0.4 is 5.73 Å². The SMILES string of the molecule is Nc1ccc(-c2cccc([N+](=O)[O-])c2)cc1O. The van der Waals surface area contributed by atoms with Crippen molar-refractivity contribution in [1.82, 2.24) is 0 Å². The molecule has 0 aliphatic heterocycles. The summed E-state index contributed by atoms with van der Waals surface area (Å²) in [6.07, 6.45) is 0. The molecule has 0 saturated carbocycles. The Morgan fingerprint density at radius 1 is 1.12 bits per heavy atom. The zero-order chi connectivity index (χ0) is 12.4. The van der Waals surface area contributed by atoms with Crippen LogP contribution >= 0.6 is 0 Å². The number of benzene rings is 2. The summed E-state index contributed by atoms with van der Waals surface area (Å²) in [6, 6.07) is 10.9. The number of nitrogen functional groups attached to an aromatic ring is 1. The van der Waals surface area contributed by atoms with Gasteiger partial charge in [0.25, 0.3) is 5.69 Å². The van der Waals surface area contributed by atoms with E-state index in [0.717, 1.165) is 0 Å². The number of rotatable bonds is 2. The van der Waals surface area contributed by atoms with E-state index >= 15 is 0 Å². The number of non-ortho nitro benzene ring substituents is 1. The van der Waals surface area contributed by atoms with E-state index in [9.17, 15) is 15.2 Å². The topological polar surface area (TPSA) is 89.4 Å². The lowest BCUT2D eigenvalue weighted by molar-refractivity contribution is -0.384. The van der Waals surface area contributed by atoms with Gasteiger partial charge in [-0.3, -0.25) is 10.1 Å². The van der Waals surface area contributed by atoms with Crippen molar-refractivity contribution < 1.29 is 10.0 Å². The summed E-state index contributed by atoms with van der Waals surface area (Å²) in [5, 5.41) is 20.1. The van der Waals surface area contributed by atoms with Gasteiger partial charge in [0, 0.05) is 12.1 Å². The molecule has 0 aromatic heterocycles. The third-order valence-electron chi connectivity index (χ3n) is 2.42. The van der Waals surface area contributed by atoms with Crippen LogP contribution in [0.4, 0.5) is 11.4 Å². The zero-order valence-corrected chi connectivity index (χ0v) is 8.83. The fourth-order valence-corrected chi connectivity index (χ4v) is 1.52. The number of nitrogens with two attached hydrogens (primary N) is 1. The smallest absolute Gasteiger partial charge is 0.270 e. The van der Waals surface area contributed by atoms with Crippen LogP contribution in [-0.4, -0.2) is 10.0 Å². The molecule has 0 fully saturated rings. The molecule has 0 heterocycles. The predicted molar refractivity (Wildman–Crippen MR) is 64.6 cm³/mol. The Morgan fingerprint density at radius 2 is 1.82 bits per heavy atom. The molecular weight excluding hydrogens is 220 g/mol. The molecule has 3 N–H and O–H groups in total. The van der Waals surface area contributed by atoms with Gasteiger partial charge in [-0.25, -0.2) is 0 Å². The molecule has 5 nitrogen and oxygen atoms in total. The Hall–Kier alpha value is -2.56. The maximum atomic E-state index is 10.6. The minimum atomic E-state index is -0.458. The van der Waals surface area contributed by atoms with Crippen LogP contribution in [-0.2, 0) is 0 Å². The highest BCUT2D eigenvalue weighted by atomic mass is 16.6. The van der Waals surface area contributed by atoms with Crippen LogP contribution in [0.1, 0.15) is 0 Å². The maximum absolute atomic E-state index is 10.6. The molecule has 5 heteroatoms. The number of phenols is 1. The van der Waals surface area contributed by atoms with E-state index < -0.39 is 4.92 Å². The average molecular weight is 230 g/mol. The summed E-state index contributed by atoms with van der Waals surface area (Å²) in [5.74, 6) is -0.0333. The summed E-state index contributed by atoms with van der Waals surface area (Å²) >= 11 is 0. The first-order chi connectivity index (χ1) is 8.08. The van der Waals surface area contributed by atoms with Crippen molar-refractivity contribution in [3.05, 3.63) is 52.6 Å². The molecule has 0 saturated heterocycles. The van der Waals surface area contributed by atoms with Gasteiger partial charge in [0.15, 0.2) is 0 Å². The first-order valence-electron chi connectivity index (χ1n) is 4.91. The predicted octanol–water partition coefficient (Wildman–Crippen LogP) is 2.55. The van der Waals surface area contributed by atoms with E-state index in [1.165, 1.54) is 18.2 Å². The first kappa shape index (κ1) is 10.9. The van der Waals surface area contributed by atoms with Crippen LogP contribution in [0.2, 0.25) is 0 Å². The molecule has 0 aliphatic carbocycles. The van der Waals surface area contributed by atoms with Gasteiger partial charge in [0.1, 0.15) is 5.75 Å². The largest absolute Gasteiger partial charge is 0.506 e. The van der Waals surface area contributed by atoms with Crippen LogP contribution in [0.5, 0.6) is 5.75 Å². The van der Waals surface area contributed by atoms with E-state index in [2.05, 4.69) is 0 Å². The number of nitro benzene ring substituents is 1. The van der Waals surface area contributed by atoms with Crippen molar-refractivity contribution in [1.29, 1.82) is 0 Å². The van der Waals surface area contributed by atoms with E-state index in [4.69, 9.17) is 5.73 Å². The lowest BCUT2D eigenvalue weighted by Crippen LogP contribution is -1.89. The summed E-state index contributed by atoms with van der Waals surface area (Å²) in [4.78, 5) is 10.2. The van der Waals surface area contributed by atoms with Crippen LogP contribution in [0.3, 0.4) is 0 Å². The summed E-state index contributed by atoms with van der Waals surface area (Å²) < 4.78 is 0. The highest BCUT2D eigenvalue weighted by molar-refractivity contribution is 5.71. The van der Waals surface area contributed by atoms with E-state index in [1.54, 1.807) is 24.3 Å². The Labute approximate surface area is 97.3 Å². The summed E-state index contributed by atoms with van der Waals surface area (Å²) in [7, 11) is 0. The van der Waals surface area contributed by atoms with Crippen LogP contribution in [0, 0.1) is 10.1 Å². The van der Waals surface area contributed by atoms with Crippen molar-refractivity contribution in [3.8, 4) is 16.9 Å². The number of hydrogen-bond donors (Lipinski definition) is 2. The second-order valence-electron chi connectivity index (χ2n) is 3.58. The second-order valence-corrected chi connectivity index (χ2v) is 3.58. The third kappa shape index (κ3) is 2.17. The quantitative estimate of drug-likeness (QED) is 0.359. The number of nitrogens with zero attached hydrogens (tertiary/aromatic N) is 1. The van der Waals surface area contributed by atoms with Crippen LogP contribution in [0.15, 0.2) is 42.5 Å². The molecule has 0 aliphatic rings. The Morgan fingerprint density at radius 3 is 2.47 bits per heavy atom. The van der Waals surface area contributed by atoms with Crippen LogP contribution in [0.25, 0.3) is 11.1 Å². The van der Waals surface area contributed by atoms with Gasteiger partial charge in [-0.15, -0.1) is 0 Å². The number of anilines is 1. The average Bonchev–Trinajstić information content (AvgIpc) is 2.33. The summed E-state index contributed by atoms with van der Waals surface area (Å²) in [6.45, 7) is 0. The second kappa shape index (κ2) is 4.13. The maximum Gasteiger partial charge on any atom is 0.270 e. The van der Waals surface area contributed by atoms with Gasteiger partial charge in [-0.05, 0) is 23.3 Å². The Kier molecular flexibility index (Phi) is 2.66. The van der Waals surface area contributed by atoms with Crippen molar-refractivity contribution in [3.63, 3.8) is 0 Å². The lowest BCUT2D eigenvalue weighted by atomic mass is 10.0. The minimum Gasteiger partial charge on any atom is -0.506 e. The van der Waals surface area contributed by atoms with Crippen molar-refractivity contribution in [2.75, 3.05) is 5.73 Å². The number of aromatic hydroxyl groups is 1.